The third-order valence-corrected chi connectivity index (χ3v) is 14.8. The van der Waals surface area contributed by atoms with E-state index in [0.29, 0.717) is 0 Å². The lowest BCUT2D eigenvalue weighted by Gasteiger charge is -2.31. The molecule has 4 saturated heterocycles. The lowest BCUT2D eigenvalue weighted by atomic mass is 9.82. The largest absolute Gasteiger partial charge is 0.306 e. The van der Waals surface area contributed by atoms with Crippen LogP contribution in [0.25, 0.3) is 0 Å². The Morgan fingerprint density at radius 2 is 0.758 bits per heavy atom. The molecule has 4 heterocycles. The summed E-state index contributed by atoms with van der Waals surface area (Å²) in [5.41, 5.74) is 2.76. The molecule has 1 aromatic carbocycles. The van der Waals surface area contributed by atoms with Crippen LogP contribution in [0.4, 0.5) is 0 Å². The van der Waals surface area contributed by atoms with E-state index in [9.17, 15) is 0 Å². The highest BCUT2D eigenvalue weighted by Crippen LogP contribution is 2.30. The Kier molecular flexibility index (Phi) is 43.4. The van der Waals surface area contributed by atoms with Crippen LogP contribution in [0.15, 0.2) is 24.3 Å². The molecule has 0 bridgehead atoms. The maximum absolute atomic E-state index is 2.52. The van der Waals surface area contributed by atoms with Crippen molar-refractivity contribution < 1.29 is 0 Å². The van der Waals surface area contributed by atoms with E-state index < -0.39 is 0 Å². The van der Waals surface area contributed by atoms with Crippen LogP contribution in [0.3, 0.4) is 0 Å². The van der Waals surface area contributed by atoms with Gasteiger partial charge in [-0.1, -0.05) is 190 Å². The molecular weight excluding hydrogens is 755 g/mol. The molecule has 0 aromatic heterocycles. The standard InChI is InChI=1S/C9H18.C9H12.C8H17N.C8H16.C7H16N2.2C7H15N.2CH4/c2*1-3-9-6-4-8(2)5-7-9;1-3-8-4-6-9(2)7-5-8;1-2-8-6-4-3-5-7-8;1-3-9-6-4-8(2)5-7-9;2*1-2-8-6-4-3-5-7-8;;/h8-9H,3-7H2,1-2H3;4-7H,3H2,1-2H3;8H,3-7H2,1-2H3;8H,2-7H2,1H3;3-7H2,1-2H3;2*2-7H2,1H3;2*1H4. The number of likely N-dealkylation sites (tertiary alicyclic amines) is 3. The van der Waals surface area contributed by atoms with Gasteiger partial charge in [-0.2, -0.15) is 0 Å². The maximum Gasteiger partial charge on any atom is 0.0110 e. The molecule has 0 N–H and O–H groups in total. The van der Waals surface area contributed by atoms with Crippen LogP contribution >= 0.6 is 0 Å². The second-order valence-corrected chi connectivity index (χ2v) is 19.7. The highest BCUT2D eigenvalue weighted by atomic mass is 15.2. The van der Waals surface area contributed by atoms with Gasteiger partial charge < -0.3 is 24.5 Å². The van der Waals surface area contributed by atoms with Crippen molar-refractivity contribution in [1.82, 2.24) is 24.5 Å². The molecule has 0 atom stereocenters. The predicted molar refractivity (Wildman–Crippen MR) is 284 cm³/mol. The van der Waals surface area contributed by atoms with Crippen LogP contribution in [-0.4, -0.2) is 124 Å². The molecule has 6 fully saturated rings. The van der Waals surface area contributed by atoms with Crippen LogP contribution in [0.1, 0.15) is 210 Å². The summed E-state index contributed by atoms with van der Waals surface area (Å²) in [6.07, 6.45) is 30.3. The van der Waals surface area contributed by atoms with E-state index in [1.54, 1.807) is 0 Å². The minimum Gasteiger partial charge on any atom is -0.306 e. The zero-order valence-electron chi connectivity index (χ0n) is 42.9. The first kappa shape index (κ1) is 63.1. The van der Waals surface area contributed by atoms with Crippen LogP contribution in [0.5, 0.6) is 0 Å². The average molecular weight is 873 g/mol. The molecule has 370 valence electrons. The smallest absolute Gasteiger partial charge is 0.0110 e. The summed E-state index contributed by atoms with van der Waals surface area (Å²) in [6.45, 7) is 37.0. The van der Waals surface area contributed by atoms with Crippen molar-refractivity contribution in [3.8, 4) is 0 Å². The van der Waals surface area contributed by atoms with Gasteiger partial charge in [-0.25, -0.2) is 0 Å². The summed E-state index contributed by atoms with van der Waals surface area (Å²) in [5.74, 6) is 4.21. The normalized spacial score (nSPS) is 23.0. The second-order valence-electron chi connectivity index (χ2n) is 19.7. The molecule has 5 nitrogen and oxygen atoms in total. The first-order chi connectivity index (χ1) is 29.1. The summed E-state index contributed by atoms with van der Waals surface area (Å²) in [4.78, 5) is 12.3. The van der Waals surface area contributed by atoms with Gasteiger partial charge >= 0.3 is 0 Å². The van der Waals surface area contributed by atoms with Crippen molar-refractivity contribution >= 4 is 0 Å². The molecule has 0 amide bonds. The highest BCUT2D eigenvalue weighted by molar-refractivity contribution is 5.20. The van der Waals surface area contributed by atoms with Crippen molar-refractivity contribution in [2.24, 2.45) is 23.7 Å². The number of piperidine rings is 3. The van der Waals surface area contributed by atoms with Crippen LogP contribution in [0, 0.1) is 30.6 Å². The first-order valence-corrected chi connectivity index (χ1v) is 26.7. The lowest BCUT2D eigenvalue weighted by molar-refractivity contribution is 0.160. The molecule has 2 aliphatic carbocycles. The molecule has 5 heteroatoms. The Hall–Kier alpha value is -0.980. The van der Waals surface area contributed by atoms with E-state index in [-0.39, 0.29) is 14.9 Å². The van der Waals surface area contributed by atoms with Crippen molar-refractivity contribution in [3.63, 3.8) is 0 Å². The molecule has 2 saturated carbocycles. The van der Waals surface area contributed by atoms with E-state index in [2.05, 4.69) is 125 Å². The number of nitrogens with zero attached hydrogens (tertiary/aromatic N) is 5. The minimum atomic E-state index is 0. The van der Waals surface area contributed by atoms with E-state index in [1.165, 1.54) is 225 Å². The zero-order chi connectivity index (χ0) is 44.2. The molecule has 0 radical (unpaired) electrons. The topological polar surface area (TPSA) is 16.2 Å². The van der Waals surface area contributed by atoms with Gasteiger partial charge in [0.15, 0.2) is 0 Å². The van der Waals surface area contributed by atoms with Gasteiger partial charge in [0.2, 0.25) is 0 Å². The number of rotatable bonds is 7. The fraction of sp³-hybridized carbons (Fsp3) is 0.895. The zero-order valence-corrected chi connectivity index (χ0v) is 42.9. The van der Waals surface area contributed by atoms with Crippen molar-refractivity contribution in [3.05, 3.63) is 35.4 Å². The molecule has 6 aliphatic rings. The van der Waals surface area contributed by atoms with E-state index >= 15 is 0 Å². The molecule has 0 unspecified atom stereocenters. The number of piperazine rings is 1. The SMILES string of the molecule is C.C.CCC1CCC(C)CC1.CCC1CCCCC1.CCC1CCN(C)CC1.CCN1CCCCC1.CCN1CCCCC1.CCN1CCN(C)CC1.CCc1ccc(C)cc1. The average Bonchev–Trinajstić information content (AvgIpc) is 3.32. The summed E-state index contributed by atoms with van der Waals surface area (Å²) >= 11 is 0. The fourth-order valence-electron chi connectivity index (χ4n) is 9.34. The Labute approximate surface area is 393 Å². The van der Waals surface area contributed by atoms with Crippen LogP contribution in [0.2, 0.25) is 0 Å². The Morgan fingerprint density at radius 3 is 1.11 bits per heavy atom. The van der Waals surface area contributed by atoms with Crippen molar-refractivity contribution in [2.45, 2.75) is 212 Å². The first-order valence-electron chi connectivity index (χ1n) is 26.7. The molecule has 62 heavy (non-hydrogen) atoms. The van der Waals surface area contributed by atoms with E-state index in [1.807, 2.05) is 0 Å². The Balaban J connectivity index is 0. The van der Waals surface area contributed by atoms with Gasteiger partial charge in [-0.05, 0) is 154 Å². The fourth-order valence-corrected chi connectivity index (χ4v) is 9.34. The third kappa shape index (κ3) is 33.5. The molecule has 4 aliphatic heterocycles. The molecule has 7 rings (SSSR count). The quantitative estimate of drug-likeness (QED) is 0.271. The lowest BCUT2D eigenvalue weighted by Crippen LogP contribution is -2.44. The maximum atomic E-state index is 2.52. The molecular formula is C57H117N5. The predicted octanol–water partition coefficient (Wildman–Crippen LogP) is 15.0. The van der Waals surface area contributed by atoms with Crippen molar-refractivity contribution in [2.75, 3.05) is 99.2 Å². The van der Waals surface area contributed by atoms with Crippen molar-refractivity contribution in [1.29, 1.82) is 0 Å². The number of hydrogen-bond donors (Lipinski definition) is 0. The van der Waals surface area contributed by atoms with E-state index in [4.69, 9.17) is 0 Å². The molecule has 0 spiro atoms. The van der Waals surface area contributed by atoms with Gasteiger partial charge in [0.05, 0.1) is 0 Å². The Bertz CT molecular complexity index is 909. The molecule has 1 aromatic rings. The number of hydrogen-bond acceptors (Lipinski definition) is 5. The van der Waals surface area contributed by atoms with Gasteiger partial charge in [0.25, 0.3) is 0 Å². The van der Waals surface area contributed by atoms with Crippen LogP contribution in [-0.2, 0) is 6.42 Å². The summed E-state index contributed by atoms with van der Waals surface area (Å²) in [7, 11) is 4.40. The van der Waals surface area contributed by atoms with Gasteiger partial charge in [-0.3, -0.25) is 0 Å². The van der Waals surface area contributed by atoms with Crippen LogP contribution < -0.4 is 0 Å². The van der Waals surface area contributed by atoms with Gasteiger partial charge in [0, 0.05) is 26.2 Å². The summed E-state index contributed by atoms with van der Waals surface area (Å²) in [6, 6.07) is 8.66. The Morgan fingerprint density at radius 1 is 0.403 bits per heavy atom. The van der Waals surface area contributed by atoms with E-state index in [0.717, 1.165) is 30.1 Å². The summed E-state index contributed by atoms with van der Waals surface area (Å²) < 4.78 is 0. The third-order valence-electron chi connectivity index (χ3n) is 14.8. The second kappa shape index (κ2) is 42.6. The highest BCUT2D eigenvalue weighted by Gasteiger charge is 2.16. The van der Waals surface area contributed by atoms with Gasteiger partial charge in [0.1, 0.15) is 0 Å². The monoisotopic (exact) mass is 872 g/mol. The van der Waals surface area contributed by atoms with Gasteiger partial charge in [-0.15, -0.1) is 0 Å². The minimum absolute atomic E-state index is 0. The number of likely N-dealkylation sites (N-methyl/N-ethyl adjacent to an activating group) is 2. The number of benzene rings is 1. The summed E-state index contributed by atoms with van der Waals surface area (Å²) in [5, 5.41) is 0. The number of aryl methyl sites for hydroxylation is 2.